The van der Waals surface area contributed by atoms with Gasteiger partial charge >= 0.3 is 12.1 Å². The van der Waals surface area contributed by atoms with Crippen LogP contribution in [-0.4, -0.2) is 57.0 Å². The van der Waals surface area contributed by atoms with E-state index in [2.05, 4.69) is 24.1 Å². The molecule has 2 atom stereocenters. The minimum Gasteiger partial charge on any atom is -0.465 e. The van der Waals surface area contributed by atoms with Gasteiger partial charge in [0.15, 0.2) is 0 Å². The van der Waals surface area contributed by atoms with Crippen molar-refractivity contribution >= 4 is 35.0 Å². The van der Waals surface area contributed by atoms with Gasteiger partial charge in [0.2, 0.25) is 5.91 Å². The van der Waals surface area contributed by atoms with Crippen molar-refractivity contribution in [1.29, 1.82) is 0 Å². The highest BCUT2D eigenvalue weighted by Crippen LogP contribution is 2.37. The molecule has 9 heteroatoms. The fourth-order valence-corrected chi connectivity index (χ4v) is 5.62. The third-order valence-corrected chi connectivity index (χ3v) is 7.96. The number of carbonyl (C=O) groups excluding carboxylic acids is 3. The number of nitrogens with zero attached hydrogens (tertiary/aromatic N) is 1. The normalized spacial score (nSPS) is 22.1. The van der Waals surface area contributed by atoms with Crippen LogP contribution >= 0.6 is 11.3 Å². The first-order valence-electron chi connectivity index (χ1n) is 13.6. The SMILES string of the molecule is COC(=O)c1sc(C#CC(C)(C)C)cc1N(C(=O)[C@H]1CC[C@H](C)CC1)[C@@H](C)CCNC(=O)OC1CCOC1. The Labute approximate surface area is 230 Å². The molecule has 1 saturated carbocycles. The van der Waals surface area contributed by atoms with E-state index in [-0.39, 0.29) is 29.4 Å². The number of esters is 1. The lowest BCUT2D eigenvalue weighted by molar-refractivity contribution is -0.124. The number of nitrogens with one attached hydrogen (secondary N) is 1. The molecule has 210 valence electrons. The highest BCUT2D eigenvalue weighted by atomic mass is 32.1. The Morgan fingerprint density at radius 2 is 1.92 bits per heavy atom. The summed E-state index contributed by atoms with van der Waals surface area (Å²) in [6, 6.07) is 1.55. The summed E-state index contributed by atoms with van der Waals surface area (Å²) in [5.41, 5.74) is 0.323. The molecule has 1 aromatic rings. The predicted octanol–water partition coefficient (Wildman–Crippen LogP) is 5.39. The number of methoxy groups -OCH3 is 1. The number of thiophene rings is 1. The molecule has 2 fully saturated rings. The van der Waals surface area contributed by atoms with Gasteiger partial charge < -0.3 is 24.4 Å². The minimum absolute atomic E-state index is 0.00774. The molecule has 1 N–H and O–H groups in total. The Kier molecular flexibility index (Phi) is 10.6. The first kappa shape index (κ1) is 30.0. The van der Waals surface area contributed by atoms with E-state index in [0.717, 1.165) is 25.7 Å². The van der Waals surface area contributed by atoms with Gasteiger partial charge in [-0.2, -0.15) is 0 Å². The van der Waals surface area contributed by atoms with Crippen molar-refractivity contribution in [2.45, 2.75) is 85.3 Å². The van der Waals surface area contributed by atoms with Crippen molar-refractivity contribution in [3.63, 3.8) is 0 Å². The third-order valence-electron chi connectivity index (χ3n) is 6.94. The molecule has 1 aromatic heterocycles. The van der Waals surface area contributed by atoms with E-state index >= 15 is 0 Å². The van der Waals surface area contributed by atoms with E-state index in [1.807, 2.05) is 33.8 Å². The van der Waals surface area contributed by atoms with E-state index in [1.165, 1.54) is 18.4 Å². The second kappa shape index (κ2) is 13.5. The van der Waals surface area contributed by atoms with Crippen LogP contribution in [0.2, 0.25) is 0 Å². The Balaban J connectivity index is 1.84. The second-order valence-corrected chi connectivity index (χ2v) is 12.5. The lowest BCUT2D eigenvalue weighted by atomic mass is 9.82. The van der Waals surface area contributed by atoms with E-state index < -0.39 is 12.1 Å². The lowest BCUT2D eigenvalue weighted by Gasteiger charge is -2.35. The lowest BCUT2D eigenvalue weighted by Crippen LogP contribution is -2.45. The molecule has 0 radical (unpaired) electrons. The van der Waals surface area contributed by atoms with Crippen molar-refractivity contribution in [2.24, 2.45) is 17.3 Å². The van der Waals surface area contributed by atoms with Crippen LogP contribution in [0.25, 0.3) is 0 Å². The molecule has 2 aliphatic rings. The highest BCUT2D eigenvalue weighted by Gasteiger charge is 2.34. The molecule has 38 heavy (non-hydrogen) atoms. The van der Waals surface area contributed by atoms with Crippen LogP contribution in [0.4, 0.5) is 10.5 Å². The van der Waals surface area contributed by atoms with Gasteiger partial charge in [-0.05, 0) is 71.8 Å². The maximum absolute atomic E-state index is 14.0. The average Bonchev–Trinajstić information content (AvgIpc) is 3.52. The fourth-order valence-electron chi connectivity index (χ4n) is 4.70. The van der Waals surface area contributed by atoms with Crippen LogP contribution < -0.4 is 10.2 Å². The van der Waals surface area contributed by atoms with Gasteiger partial charge in [0.25, 0.3) is 0 Å². The molecule has 0 aromatic carbocycles. The Bertz CT molecular complexity index is 1040. The summed E-state index contributed by atoms with van der Waals surface area (Å²) in [6.07, 6.45) is 4.14. The Morgan fingerprint density at radius 3 is 2.53 bits per heavy atom. The molecule has 2 heterocycles. The maximum Gasteiger partial charge on any atom is 0.407 e. The van der Waals surface area contributed by atoms with Crippen LogP contribution in [0.5, 0.6) is 0 Å². The number of anilines is 1. The van der Waals surface area contributed by atoms with Gasteiger partial charge in [0.1, 0.15) is 11.0 Å². The number of ether oxygens (including phenoxy) is 3. The fraction of sp³-hybridized carbons (Fsp3) is 0.690. The molecular formula is C29H42N2O6S. The van der Waals surface area contributed by atoms with Crippen LogP contribution in [0, 0.1) is 29.1 Å². The summed E-state index contributed by atoms with van der Waals surface area (Å²) in [7, 11) is 1.34. The average molecular weight is 547 g/mol. The third kappa shape index (κ3) is 8.47. The minimum atomic E-state index is -0.489. The standard InChI is InChI=1S/C29H42N2O6S/c1-19-7-9-21(10-8-19)26(32)31(20(2)12-15-30-28(34)37-22-13-16-36-18-22)24-17-23(11-14-29(3,4)5)38-25(24)27(33)35-6/h17,19-22H,7-10,12-13,15-16,18H2,1-6H3,(H,30,34)/t19-,20-,21-,22?/m0/s1. The second-order valence-electron chi connectivity index (χ2n) is 11.4. The molecule has 1 aliphatic carbocycles. The van der Waals surface area contributed by atoms with Gasteiger partial charge in [0, 0.05) is 30.3 Å². The number of carbonyl (C=O) groups is 3. The van der Waals surface area contributed by atoms with Crippen molar-refractivity contribution < 1.29 is 28.6 Å². The Hall–Kier alpha value is -2.57. The predicted molar refractivity (Wildman–Crippen MR) is 148 cm³/mol. The molecule has 8 nitrogen and oxygen atoms in total. The number of rotatable bonds is 8. The monoisotopic (exact) mass is 546 g/mol. The molecule has 0 bridgehead atoms. The molecule has 2 amide bonds. The van der Waals surface area contributed by atoms with Crippen molar-refractivity contribution in [1.82, 2.24) is 5.32 Å². The van der Waals surface area contributed by atoms with Gasteiger partial charge in [-0.15, -0.1) is 11.3 Å². The van der Waals surface area contributed by atoms with Crippen molar-refractivity contribution in [3.8, 4) is 11.8 Å². The summed E-state index contributed by atoms with van der Waals surface area (Å²) in [5.74, 6) is 6.40. The molecular weight excluding hydrogens is 504 g/mol. The van der Waals surface area contributed by atoms with Gasteiger partial charge in [-0.25, -0.2) is 9.59 Å². The summed E-state index contributed by atoms with van der Waals surface area (Å²) >= 11 is 1.25. The van der Waals surface area contributed by atoms with E-state index in [4.69, 9.17) is 14.2 Å². The van der Waals surface area contributed by atoms with Crippen LogP contribution in [0.1, 0.15) is 87.7 Å². The van der Waals surface area contributed by atoms with Crippen molar-refractivity contribution in [3.05, 3.63) is 15.8 Å². The number of hydrogen-bond acceptors (Lipinski definition) is 7. The zero-order valence-corrected chi connectivity index (χ0v) is 24.4. The van der Waals surface area contributed by atoms with Crippen LogP contribution in [0.15, 0.2) is 6.07 Å². The van der Waals surface area contributed by atoms with E-state index in [0.29, 0.717) is 54.0 Å². The van der Waals surface area contributed by atoms with Gasteiger partial charge in [-0.1, -0.05) is 18.8 Å². The topological polar surface area (TPSA) is 94.2 Å². The summed E-state index contributed by atoms with van der Waals surface area (Å²) in [4.78, 5) is 41.8. The van der Waals surface area contributed by atoms with Crippen LogP contribution in [-0.2, 0) is 19.0 Å². The highest BCUT2D eigenvalue weighted by molar-refractivity contribution is 7.15. The zero-order chi connectivity index (χ0) is 27.9. The Morgan fingerprint density at radius 1 is 1.21 bits per heavy atom. The summed E-state index contributed by atoms with van der Waals surface area (Å²) in [6.45, 7) is 11.6. The van der Waals surface area contributed by atoms with Gasteiger partial charge in [0.05, 0.1) is 30.9 Å². The quantitative estimate of drug-likeness (QED) is 0.347. The van der Waals surface area contributed by atoms with Crippen LogP contribution in [0.3, 0.4) is 0 Å². The first-order valence-corrected chi connectivity index (χ1v) is 14.4. The maximum atomic E-state index is 14.0. The zero-order valence-electron chi connectivity index (χ0n) is 23.6. The smallest absolute Gasteiger partial charge is 0.407 e. The van der Waals surface area contributed by atoms with Gasteiger partial charge in [-0.3, -0.25) is 4.79 Å². The van der Waals surface area contributed by atoms with E-state index in [9.17, 15) is 14.4 Å². The summed E-state index contributed by atoms with van der Waals surface area (Å²) in [5, 5.41) is 2.80. The molecule has 1 saturated heterocycles. The molecule has 1 unspecified atom stereocenters. The largest absolute Gasteiger partial charge is 0.465 e. The number of hydrogen-bond donors (Lipinski definition) is 1. The first-order chi connectivity index (χ1) is 18.0. The van der Waals surface area contributed by atoms with E-state index in [1.54, 1.807) is 4.90 Å². The molecule has 1 aliphatic heterocycles. The molecule has 0 spiro atoms. The summed E-state index contributed by atoms with van der Waals surface area (Å²) < 4.78 is 15.7. The number of amides is 2. The number of alkyl carbamates (subject to hydrolysis) is 1. The van der Waals surface area contributed by atoms with Crippen molar-refractivity contribution in [2.75, 3.05) is 31.8 Å². The molecule has 3 rings (SSSR count).